The van der Waals surface area contributed by atoms with Gasteiger partial charge in [0.2, 0.25) is 0 Å². The van der Waals surface area contributed by atoms with E-state index in [-0.39, 0.29) is 11.8 Å². The van der Waals surface area contributed by atoms with E-state index in [0.717, 1.165) is 37.0 Å². The normalized spacial score (nSPS) is 17.6. The van der Waals surface area contributed by atoms with Crippen molar-refractivity contribution in [1.29, 1.82) is 0 Å². The van der Waals surface area contributed by atoms with Crippen molar-refractivity contribution >= 4 is 17.0 Å². The van der Waals surface area contributed by atoms with Gasteiger partial charge in [0.25, 0.3) is 5.91 Å². The second-order valence-corrected chi connectivity index (χ2v) is 7.84. The van der Waals surface area contributed by atoms with Crippen LogP contribution in [0.5, 0.6) is 0 Å². The summed E-state index contributed by atoms with van der Waals surface area (Å²) in [5.74, 6) is 1.44. The molecule has 1 aromatic heterocycles. The number of likely N-dealkylation sites (tertiary alicyclic amines) is 1. The average molecular weight is 362 g/mol. The minimum Gasteiger partial charge on any atom is -0.440 e. The van der Waals surface area contributed by atoms with Crippen LogP contribution in [0, 0.1) is 6.92 Å². The molecule has 0 saturated carbocycles. The molecule has 0 unspecified atom stereocenters. The fraction of sp³-hybridized carbons (Fsp3) is 0.391. The number of carbonyl (C=O) groups excluding carboxylic acids is 1. The SMILES string of the molecule is Cc1ccccc1[C@H]1CCCN(C(=O)c2ccc3oc(C(C)C)nc3c2)C1. The van der Waals surface area contributed by atoms with E-state index < -0.39 is 0 Å². The molecule has 27 heavy (non-hydrogen) atoms. The van der Waals surface area contributed by atoms with Crippen molar-refractivity contribution in [2.45, 2.75) is 45.4 Å². The zero-order valence-corrected chi connectivity index (χ0v) is 16.2. The van der Waals surface area contributed by atoms with Gasteiger partial charge in [0, 0.05) is 30.5 Å². The Labute approximate surface area is 160 Å². The number of hydrogen-bond donors (Lipinski definition) is 0. The first-order valence-electron chi connectivity index (χ1n) is 9.78. The van der Waals surface area contributed by atoms with Gasteiger partial charge in [0.1, 0.15) is 5.52 Å². The van der Waals surface area contributed by atoms with E-state index in [9.17, 15) is 4.79 Å². The number of amides is 1. The summed E-state index contributed by atoms with van der Waals surface area (Å²) in [5, 5.41) is 0. The highest BCUT2D eigenvalue weighted by molar-refractivity contribution is 5.97. The lowest BCUT2D eigenvalue weighted by Crippen LogP contribution is -2.39. The Balaban J connectivity index is 1.56. The fourth-order valence-electron chi connectivity index (χ4n) is 3.97. The molecule has 140 valence electrons. The maximum absolute atomic E-state index is 13.1. The van der Waals surface area contributed by atoms with Crippen molar-refractivity contribution in [2.24, 2.45) is 0 Å². The van der Waals surface area contributed by atoms with Crippen molar-refractivity contribution in [1.82, 2.24) is 9.88 Å². The highest BCUT2D eigenvalue weighted by atomic mass is 16.3. The quantitative estimate of drug-likeness (QED) is 0.637. The Bertz CT molecular complexity index is 973. The van der Waals surface area contributed by atoms with Crippen LogP contribution >= 0.6 is 0 Å². The second kappa shape index (κ2) is 7.18. The summed E-state index contributed by atoms with van der Waals surface area (Å²) in [6, 6.07) is 14.1. The van der Waals surface area contributed by atoms with Gasteiger partial charge in [-0.15, -0.1) is 0 Å². The van der Waals surface area contributed by atoms with E-state index >= 15 is 0 Å². The Kier molecular flexibility index (Phi) is 4.73. The van der Waals surface area contributed by atoms with E-state index in [2.05, 4.69) is 50.0 Å². The van der Waals surface area contributed by atoms with Crippen molar-refractivity contribution in [2.75, 3.05) is 13.1 Å². The molecule has 1 amide bonds. The third kappa shape index (κ3) is 3.48. The minimum absolute atomic E-state index is 0.0873. The molecule has 0 spiro atoms. The topological polar surface area (TPSA) is 46.3 Å². The van der Waals surface area contributed by atoms with E-state index in [1.807, 2.05) is 23.1 Å². The van der Waals surface area contributed by atoms with Crippen LogP contribution in [0.15, 0.2) is 46.9 Å². The van der Waals surface area contributed by atoms with Crippen molar-refractivity contribution in [3.05, 3.63) is 65.0 Å². The summed E-state index contributed by atoms with van der Waals surface area (Å²) >= 11 is 0. The number of benzene rings is 2. The van der Waals surface area contributed by atoms with E-state index in [1.54, 1.807) is 0 Å². The third-order valence-corrected chi connectivity index (χ3v) is 5.48. The van der Waals surface area contributed by atoms with E-state index in [4.69, 9.17) is 4.42 Å². The van der Waals surface area contributed by atoms with Gasteiger partial charge in [-0.2, -0.15) is 0 Å². The monoisotopic (exact) mass is 362 g/mol. The van der Waals surface area contributed by atoms with Crippen LogP contribution in [0.25, 0.3) is 11.1 Å². The smallest absolute Gasteiger partial charge is 0.253 e. The fourth-order valence-corrected chi connectivity index (χ4v) is 3.97. The minimum atomic E-state index is 0.0873. The zero-order valence-electron chi connectivity index (χ0n) is 16.2. The van der Waals surface area contributed by atoms with Gasteiger partial charge in [-0.1, -0.05) is 38.1 Å². The van der Waals surface area contributed by atoms with Gasteiger partial charge in [0.15, 0.2) is 11.5 Å². The lowest BCUT2D eigenvalue weighted by Gasteiger charge is -2.33. The van der Waals surface area contributed by atoms with Crippen LogP contribution in [0.4, 0.5) is 0 Å². The maximum Gasteiger partial charge on any atom is 0.253 e. The molecular weight excluding hydrogens is 336 g/mol. The number of nitrogens with zero attached hydrogens (tertiary/aromatic N) is 2. The summed E-state index contributed by atoms with van der Waals surface area (Å²) in [4.78, 5) is 19.6. The Morgan fingerprint density at radius 3 is 2.81 bits per heavy atom. The number of aromatic nitrogens is 1. The van der Waals surface area contributed by atoms with Crippen LogP contribution < -0.4 is 0 Å². The number of fused-ring (bicyclic) bond motifs is 1. The Hall–Kier alpha value is -2.62. The molecule has 1 atom stereocenters. The molecule has 1 fully saturated rings. The second-order valence-electron chi connectivity index (χ2n) is 7.84. The first-order valence-corrected chi connectivity index (χ1v) is 9.78. The number of oxazole rings is 1. The molecule has 4 heteroatoms. The maximum atomic E-state index is 13.1. The van der Waals surface area contributed by atoms with Crippen molar-refractivity contribution < 1.29 is 9.21 Å². The summed E-state index contributed by atoms with van der Waals surface area (Å²) in [5.41, 5.74) is 4.87. The molecule has 0 bridgehead atoms. The summed E-state index contributed by atoms with van der Waals surface area (Å²) in [7, 11) is 0. The van der Waals surface area contributed by atoms with Gasteiger partial charge in [-0.05, 0) is 49.1 Å². The average Bonchev–Trinajstić information content (AvgIpc) is 3.11. The molecule has 0 N–H and O–H groups in total. The van der Waals surface area contributed by atoms with Gasteiger partial charge >= 0.3 is 0 Å². The first-order chi connectivity index (χ1) is 13.0. The summed E-state index contributed by atoms with van der Waals surface area (Å²) < 4.78 is 5.76. The van der Waals surface area contributed by atoms with Gasteiger partial charge in [-0.25, -0.2) is 4.98 Å². The van der Waals surface area contributed by atoms with Crippen LogP contribution in [0.1, 0.15) is 65.9 Å². The lowest BCUT2D eigenvalue weighted by molar-refractivity contribution is 0.0707. The highest BCUT2D eigenvalue weighted by Gasteiger charge is 2.26. The molecule has 1 aliphatic heterocycles. The number of piperidine rings is 1. The van der Waals surface area contributed by atoms with Crippen molar-refractivity contribution in [3.8, 4) is 0 Å². The van der Waals surface area contributed by atoms with Gasteiger partial charge < -0.3 is 9.32 Å². The molecule has 2 heterocycles. The molecule has 1 aliphatic rings. The largest absolute Gasteiger partial charge is 0.440 e. The Morgan fingerprint density at radius 1 is 1.22 bits per heavy atom. The molecule has 0 radical (unpaired) electrons. The van der Waals surface area contributed by atoms with Crippen LogP contribution in [-0.4, -0.2) is 28.9 Å². The van der Waals surface area contributed by atoms with Crippen LogP contribution in [0.2, 0.25) is 0 Å². The molecule has 4 rings (SSSR count). The summed E-state index contributed by atoms with van der Waals surface area (Å²) in [6.45, 7) is 7.85. The molecular formula is C23H26N2O2. The number of hydrogen-bond acceptors (Lipinski definition) is 3. The van der Waals surface area contributed by atoms with Gasteiger partial charge in [-0.3, -0.25) is 4.79 Å². The lowest BCUT2D eigenvalue weighted by atomic mass is 9.88. The van der Waals surface area contributed by atoms with Crippen LogP contribution in [-0.2, 0) is 0 Å². The molecule has 3 aromatic rings. The summed E-state index contributed by atoms with van der Waals surface area (Å²) in [6.07, 6.45) is 2.17. The zero-order chi connectivity index (χ0) is 19.0. The molecule has 4 nitrogen and oxygen atoms in total. The molecule has 0 aliphatic carbocycles. The van der Waals surface area contributed by atoms with Crippen molar-refractivity contribution in [3.63, 3.8) is 0 Å². The Morgan fingerprint density at radius 2 is 2.04 bits per heavy atom. The molecule has 1 saturated heterocycles. The third-order valence-electron chi connectivity index (χ3n) is 5.48. The number of carbonyl (C=O) groups is 1. The van der Waals surface area contributed by atoms with Gasteiger partial charge in [0.05, 0.1) is 0 Å². The van der Waals surface area contributed by atoms with Crippen LogP contribution in [0.3, 0.4) is 0 Å². The molecule has 2 aromatic carbocycles. The standard InChI is InChI=1S/C23H26N2O2/c1-15(2)22-24-20-13-17(10-11-21(20)27-22)23(26)25-12-6-8-18(14-25)19-9-5-4-7-16(19)3/h4-5,7,9-11,13,15,18H,6,8,12,14H2,1-3H3/t18-/m0/s1. The highest BCUT2D eigenvalue weighted by Crippen LogP contribution is 2.30. The number of aryl methyl sites for hydroxylation is 1. The first kappa shape index (κ1) is 17.8. The van der Waals surface area contributed by atoms with E-state index in [0.29, 0.717) is 17.4 Å². The number of rotatable bonds is 3. The predicted molar refractivity (Wildman–Crippen MR) is 107 cm³/mol. The van der Waals surface area contributed by atoms with E-state index in [1.165, 1.54) is 11.1 Å². The predicted octanol–water partition coefficient (Wildman–Crippen LogP) is 5.28.